The summed E-state index contributed by atoms with van der Waals surface area (Å²) in [6, 6.07) is 25.2. The second kappa shape index (κ2) is 7.83. The van der Waals surface area contributed by atoms with Crippen molar-refractivity contribution in [1.29, 1.82) is 0 Å². The van der Waals surface area contributed by atoms with Crippen molar-refractivity contribution in [3.63, 3.8) is 0 Å². The number of hydrogen-bond acceptors (Lipinski definition) is 4. The van der Waals surface area contributed by atoms with E-state index in [0.717, 1.165) is 22.2 Å². The zero-order valence-electron chi connectivity index (χ0n) is 17.5. The Kier molecular flexibility index (Phi) is 4.66. The Morgan fingerprint density at radius 1 is 0.727 bits per heavy atom. The van der Waals surface area contributed by atoms with E-state index in [0.29, 0.717) is 40.3 Å². The van der Waals surface area contributed by atoms with Gasteiger partial charge in [-0.25, -0.2) is 15.0 Å². The standard InChI is InChI=1S/C26H18ClN5O/c27-19-12-10-18(11-13-19)14-31-16-28-24-22(26(31)33)23-25(30-21-9-5-4-8-20(21)29-23)32(24)15-17-6-2-1-3-7-17/h1-13,16H,14-15H2. The van der Waals surface area contributed by atoms with Crippen LogP contribution in [0.4, 0.5) is 0 Å². The molecule has 0 spiro atoms. The first kappa shape index (κ1) is 19.6. The number of para-hydroxylation sites is 2. The molecular weight excluding hydrogens is 434 g/mol. The Balaban J connectivity index is 1.61. The van der Waals surface area contributed by atoms with Gasteiger partial charge in [0.15, 0.2) is 11.3 Å². The minimum absolute atomic E-state index is 0.142. The maximum atomic E-state index is 13.6. The first-order chi connectivity index (χ1) is 16.2. The van der Waals surface area contributed by atoms with Crippen LogP contribution in [0.5, 0.6) is 0 Å². The van der Waals surface area contributed by atoms with Crippen LogP contribution in [0.2, 0.25) is 5.02 Å². The van der Waals surface area contributed by atoms with Crippen LogP contribution in [0.15, 0.2) is 90.0 Å². The van der Waals surface area contributed by atoms with Gasteiger partial charge in [-0.3, -0.25) is 9.36 Å². The first-order valence-corrected chi connectivity index (χ1v) is 11.0. The summed E-state index contributed by atoms with van der Waals surface area (Å²) in [7, 11) is 0. The third-order valence-electron chi connectivity index (χ3n) is 5.77. The average Bonchev–Trinajstić information content (AvgIpc) is 3.14. The van der Waals surface area contributed by atoms with Crippen molar-refractivity contribution in [2.24, 2.45) is 0 Å². The lowest BCUT2D eigenvalue weighted by Crippen LogP contribution is -2.21. The summed E-state index contributed by atoms with van der Waals surface area (Å²) in [5.74, 6) is 0. The number of fused-ring (bicyclic) bond motifs is 4. The SMILES string of the molecule is O=c1c2c3nc4ccccc4nc3n(Cc3ccccc3)c2ncn1Cc1ccc(Cl)cc1. The molecule has 3 aromatic carbocycles. The van der Waals surface area contributed by atoms with E-state index in [9.17, 15) is 4.79 Å². The number of rotatable bonds is 4. The van der Waals surface area contributed by atoms with Gasteiger partial charge in [0.05, 0.1) is 24.1 Å². The van der Waals surface area contributed by atoms with Crippen molar-refractivity contribution in [2.75, 3.05) is 0 Å². The molecule has 0 amide bonds. The summed E-state index contributed by atoms with van der Waals surface area (Å²) in [5.41, 5.74) is 5.26. The molecule has 6 aromatic rings. The predicted molar refractivity (Wildman–Crippen MR) is 131 cm³/mol. The number of halogens is 1. The van der Waals surface area contributed by atoms with Crippen molar-refractivity contribution >= 4 is 44.8 Å². The summed E-state index contributed by atoms with van der Waals surface area (Å²) in [6.45, 7) is 0.937. The van der Waals surface area contributed by atoms with Crippen LogP contribution < -0.4 is 5.56 Å². The fraction of sp³-hybridized carbons (Fsp3) is 0.0769. The second-order valence-electron chi connectivity index (χ2n) is 7.96. The molecule has 0 bridgehead atoms. The van der Waals surface area contributed by atoms with Crippen LogP contribution in [0.1, 0.15) is 11.1 Å². The smallest absolute Gasteiger partial charge is 0.265 e. The molecule has 0 saturated carbocycles. The Morgan fingerprint density at radius 3 is 2.15 bits per heavy atom. The van der Waals surface area contributed by atoms with Crippen molar-refractivity contribution in [2.45, 2.75) is 13.1 Å². The van der Waals surface area contributed by atoms with E-state index in [1.165, 1.54) is 0 Å². The maximum Gasteiger partial charge on any atom is 0.265 e. The highest BCUT2D eigenvalue weighted by atomic mass is 35.5. The van der Waals surface area contributed by atoms with E-state index in [-0.39, 0.29) is 5.56 Å². The monoisotopic (exact) mass is 451 g/mol. The van der Waals surface area contributed by atoms with Gasteiger partial charge in [0, 0.05) is 5.02 Å². The molecule has 160 valence electrons. The number of benzene rings is 3. The quantitative estimate of drug-likeness (QED) is 0.376. The molecule has 0 saturated heterocycles. The van der Waals surface area contributed by atoms with Crippen molar-refractivity contribution in [3.05, 3.63) is 112 Å². The second-order valence-corrected chi connectivity index (χ2v) is 8.40. The van der Waals surface area contributed by atoms with E-state index < -0.39 is 0 Å². The third-order valence-corrected chi connectivity index (χ3v) is 6.02. The van der Waals surface area contributed by atoms with Crippen LogP contribution in [0.25, 0.3) is 33.2 Å². The minimum Gasteiger partial charge on any atom is -0.304 e. The summed E-state index contributed by atoms with van der Waals surface area (Å²) in [6.07, 6.45) is 1.60. The van der Waals surface area contributed by atoms with Crippen LogP contribution in [0, 0.1) is 0 Å². The zero-order chi connectivity index (χ0) is 22.4. The van der Waals surface area contributed by atoms with Crippen molar-refractivity contribution < 1.29 is 0 Å². The molecule has 0 radical (unpaired) electrons. The molecule has 7 heteroatoms. The van der Waals surface area contributed by atoms with Crippen LogP contribution in [0.3, 0.4) is 0 Å². The fourth-order valence-corrected chi connectivity index (χ4v) is 4.28. The Morgan fingerprint density at radius 2 is 1.39 bits per heavy atom. The lowest BCUT2D eigenvalue weighted by molar-refractivity contribution is 0.741. The molecule has 0 aliphatic carbocycles. The molecule has 0 aliphatic heterocycles. The Labute approximate surface area is 193 Å². The highest BCUT2D eigenvalue weighted by molar-refractivity contribution is 6.30. The normalized spacial score (nSPS) is 11.5. The maximum absolute atomic E-state index is 13.6. The van der Waals surface area contributed by atoms with Gasteiger partial charge < -0.3 is 4.57 Å². The van der Waals surface area contributed by atoms with E-state index in [2.05, 4.69) is 0 Å². The Hall–Kier alpha value is -4.03. The Bertz CT molecular complexity index is 1690. The molecule has 3 heterocycles. The minimum atomic E-state index is -0.142. The fourth-order valence-electron chi connectivity index (χ4n) is 4.15. The van der Waals surface area contributed by atoms with E-state index in [4.69, 9.17) is 26.6 Å². The van der Waals surface area contributed by atoms with E-state index in [1.54, 1.807) is 10.9 Å². The number of nitrogens with zero attached hydrogens (tertiary/aromatic N) is 5. The van der Waals surface area contributed by atoms with E-state index in [1.807, 2.05) is 83.4 Å². The third kappa shape index (κ3) is 3.45. The van der Waals surface area contributed by atoms with Crippen molar-refractivity contribution in [1.82, 2.24) is 24.1 Å². The number of hydrogen-bond donors (Lipinski definition) is 0. The van der Waals surface area contributed by atoms with Gasteiger partial charge in [-0.05, 0) is 35.4 Å². The highest BCUT2D eigenvalue weighted by Crippen LogP contribution is 2.26. The van der Waals surface area contributed by atoms with Gasteiger partial charge in [-0.15, -0.1) is 0 Å². The average molecular weight is 452 g/mol. The lowest BCUT2D eigenvalue weighted by Gasteiger charge is -2.08. The molecule has 0 fully saturated rings. The van der Waals surface area contributed by atoms with Gasteiger partial charge in [0.1, 0.15) is 17.2 Å². The van der Waals surface area contributed by atoms with Gasteiger partial charge in [0.25, 0.3) is 5.56 Å². The molecule has 0 unspecified atom stereocenters. The predicted octanol–water partition coefficient (Wildman–Crippen LogP) is 5.04. The summed E-state index contributed by atoms with van der Waals surface area (Å²) < 4.78 is 3.59. The highest BCUT2D eigenvalue weighted by Gasteiger charge is 2.20. The van der Waals surface area contributed by atoms with Gasteiger partial charge in [0.2, 0.25) is 0 Å². The van der Waals surface area contributed by atoms with E-state index >= 15 is 0 Å². The molecule has 0 atom stereocenters. The first-order valence-electron chi connectivity index (χ1n) is 10.6. The number of aromatic nitrogens is 5. The zero-order valence-corrected chi connectivity index (χ0v) is 18.3. The van der Waals surface area contributed by atoms with Crippen LogP contribution in [-0.2, 0) is 13.1 Å². The van der Waals surface area contributed by atoms with Gasteiger partial charge in [-0.1, -0.05) is 66.2 Å². The largest absolute Gasteiger partial charge is 0.304 e. The van der Waals surface area contributed by atoms with Gasteiger partial charge >= 0.3 is 0 Å². The summed E-state index contributed by atoms with van der Waals surface area (Å²) in [5, 5.41) is 1.14. The topological polar surface area (TPSA) is 65.6 Å². The van der Waals surface area contributed by atoms with Gasteiger partial charge in [-0.2, -0.15) is 0 Å². The summed E-state index contributed by atoms with van der Waals surface area (Å²) in [4.78, 5) is 28.0. The molecular formula is C26H18ClN5O. The molecule has 33 heavy (non-hydrogen) atoms. The molecule has 0 N–H and O–H groups in total. The lowest BCUT2D eigenvalue weighted by atomic mass is 10.2. The van der Waals surface area contributed by atoms with Crippen LogP contribution >= 0.6 is 11.6 Å². The molecule has 3 aromatic heterocycles. The van der Waals surface area contributed by atoms with Crippen LogP contribution in [-0.4, -0.2) is 24.1 Å². The summed E-state index contributed by atoms with van der Waals surface area (Å²) >= 11 is 6.01. The van der Waals surface area contributed by atoms with Crippen molar-refractivity contribution in [3.8, 4) is 0 Å². The molecule has 6 rings (SSSR count). The molecule has 6 nitrogen and oxygen atoms in total. The molecule has 0 aliphatic rings.